The van der Waals surface area contributed by atoms with Gasteiger partial charge in [0.2, 0.25) is 0 Å². The minimum Gasteiger partial charge on any atom is -0.497 e. The predicted octanol–water partition coefficient (Wildman–Crippen LogP) is 2.46. The average molecular weight is 303 g/mol. The fraction of sp³-hybridized carbons (Fsp3) is 0.125. The van der Waals surface area contributed by atoms with Crippen molar-refractivity contribution in [3.8, 4) is 5.75 Å². The van der Waals surface area contributed by atoms with Gasteiger partial charge in [0.25, 0.3) is 0 Å². The highest BCUT2D eigenvalue weighted by Crippen LogP contribution is 2.13. The molecule has 0 fully saturated rings. The molecular weight excluding hydrogens is 286 g/mol. The summed E-state index contributed by atoms with van der Waals surface area (Å²) in [6.45, 7) is 0.827. The summed E-state index contributed by atoms with van der Waals surface area (Å²) in [4.78, 5) is 18.2. The van der Waals surface area contributed by atoms with Crippen LogP contribution in [0.15, 0.2) is 54.6 Å². The van der Waals surface area contributed by atoms with E-state index in [1.54, 1.807) is 7.11 Å². The summed E-state index contributed by atoms with van der Waals surface area (Å²) in [6.07, 6.45) is 0. The number of anilines is 1. The van der Waals surface area contributed by atoms with Gasteiger partial charge in [0.15, 0.2) is 0 Å². The molecule has 2 rings (SSSR count). The Morgan fingerprint density at radius 2 is 1.50 bits per heavy atom. The van der Waals surface area contributed by atoms with Crippen LogP contribution in [-0.2, 0) is 16.1 Å². The van der Waals surface area contributed by atoms with Crippen LogP contribution < -0.4 is 10.1 Å². The molecular formula is C16H17NO5. The molecule has 0 heterocycles. The molecule has 0 aliphatic heterocycles. The van der Waals surface area contributed by atoms with E-state index in [9.17, 15) is 0 Å². The molecule has 0 unspecified atom stereocenters. The summed E-state index contributed by atoms with van der Waals surface area (Å²) in [5.41, 5.74) is 2.38. The van der Waals surface area contributed by atoms with Crippen LogP contribution in [0, 0.1) is 0 Å². The minimum absolute atomic E-state index is 0.827. The number of methoxy groups -OCH3 is 1. The van der Waals surface area contributed by atoms with Crippen LogP contribution in [0.25, 0.3) is 0 Å². The number of rotatable bonds is 4. The normalized spacial score (nSPS) is 9.14. The van der Waals surface area contributed by atoms with Gasteiger partial charge in [0.05, 0.1) is 7.11 Å². The van der Waals surface area contributed by atoms with Gasteiger partial charge >= 0.3 is 11.9 Å². The fourth-order valence-electron chi connectivity index (χ4n) is 1.50. The molecule has 0 aromatic heterocycles. The topological polar surface area (TPSA) is 95.9 Å². The van der Waals surface area contributed by atoms with Crippen LogP contribution in [0.3, 0.4) is 0 Å². The number of carboxylic acids is 2. The number of aliphatic carboxylic acids is 2. The summed E-state index contributed by atoms with van der Waals surface area (Å²) >= 11 is 0. The van der Waals surface area contributed by atoms with E-state index in [4.69, 9.17) is 24.5 Å². The number of carbonyl (C=O) groups is 2. The maximum Gasteiger partial charge on any atom is 0.414 e. The van der Waals surface area contributed by atoms with E-state index in [0.717, 1.165) is 18.0 Å². The molecule has 0 saturated carbocycles. The van der Waals surface area contributed by atoms with Gasteiger partial charge in [-0.2, -0.15) is 0 Å². The first kappa shape index (κ1) is 17.0. The number of hydrogen-bond acceptors (Lipinski definition) is 4. The van der Waals surface area contributed by atoms with Crippen LogP contribution in [0.2, 0.25) is 0 Å². The third kappa shape index (κ3) is 6.42. The molecule has 2 aromatic rings. The van der Waals surface area contributed by atoms with Crippen LogP contribution in [0.4, 0.5) is 5.69 Å². The highest BCUT2D eigenvalue weighted by atomic mass is 16.5. The Kier molecular flexibility index (Phi) is 6.98. The van der Waals surface area contributed by atoms with E-state index in [-0.39, 0.29) is 0 Å². The zero-order valence-corrected chi connectivity index (χ0v) is 12.0. The lowest BCUT2D eigenvalue weighted by Crippen LogP contribution is -2.09. The smallest absolute Gasteiger partial charge is 0.414 e. The monoisotopic (exact) mass is 303 g/mol. The van der Waals surface area contributed by atoms with Gasteiger partial charge in [0, 0.05) is 12.2 Å². The third-order valence-corrected chi connectivity index (χ3v) is 2.61. The van der Waals surface area contributed by atoms with Crippen LogP contribution in [0.1, 0.15) is 5.56 Å². The lowest BCUT2D eigenvalue weighted by molar-refractivity contribution is -0.159. The Morgan fingerprint density at radius 1 is 0.955 bits per heavy atom. The molecule has 6 heteroatoms. The fourth-order valence-corrected chi connectivity index (χ4v) is 1.50. The molecule has 0 saturated heterocycles. The van der Waals surface area contributed by atoms with Crippen LogP contribution in [0.5, 0.6) is 5.75 Å². The van der Waals surface area contributed by atoms with E-state index in [1.807, 2.05) is 30.3 Å². The van der Waals surface area contributed by atoms with Crippen molar-refractivity contribution in [1.29, 1.82) is 0 Å². The summed E-state index contributed by atoms with van der Waals surface area (Å²) < 4.78 is 5.11. The molecule has 0 atom stereocenters. The Balaban J connectivity index is 0.000000346. The first-order valence-electron chi connectivity index (χ1n) is 6.41. The Morgan fingerprint density at radius 3 is 1.95 bits per heavy atom. The molecule has 116 valence electrons. The second-order valence-corrected chi connectivity index (χ2v) is 4.18. The number of para-hydroxylation sites is 1. The molecule has 22 heavy (non-hydrogen) atoms. The average Bonchev–Trinajstić information content (AvgIpc) is 2.55. The van der Waals surface area contributed by atoms with Crippen molar-refractivity contribution in [2.45, 2.75) is 6.54 Å². The maximum atomic E-state index is 9.10. The van der Waals surface area contributed by atoms with Crippen molar-refractivity contribution >= 4 is 17.6 Å². The number of ether oxygens (including phenoxy) is 1. The van der Waals surface area contributed by atoms with E-state index < -0.39 is 11.9 Å². The molecule has 0 bridgehead atoms. The van der Waals surface area contributed by atoms with Crippen molar-refractivity contribution in [1.82, 2.24) is 0 Å². The van der Waals surface area contributed by atoms with E-state index in [2.05, 4.69) is 29.6 Å². The Bertz CT molecular complexity index is 584. The molecule has 6 nitrogen and oxygen atoms in total. The van der Waals surface area contributed by atoms with Gasteiger partial charge in [-0.25, -0.2) is 9.59 Å². The van der Waals surface area contributed by atoms with Crippen molar-refractivity contribution in [2.24, 2.45) is 0 Å². The van der Waals surface area contributed by atoms with E-state index in [0.29, 0.717) is 0 Å². The molecule has 0 radical (unpaired) electrons. The van der Waals surface area contributed by atoms with E-state index in [1.165, 1.54) is 5.56 Å². The molecule has 0 aliphatic rings. The van der Waals surface area contributed by atoms with Gasteiger partial charge < -0.3 is 20.3 Å². The van der Waals surface area contributed by atoms with Gasteiger partial charge in [-0.15, -0.1) is 0 Å². The van der Waals surface area contributed by atoms with Crippen molar-refractivity contribution in [3.63, 3.8) is 0 Å². The Labute approximate surface area is 128 Å². The molecule has 3 N–H and O–H groups in total. The lowest BCUT2D eigenvalue weighted by atomic mass is 10.2. The highest BCUT2D eigenvalue weighted by Gasteiger charge is 2.04. The molecule has 2 aromatic carbocycles. The number of nitrogens with one attached hydrogen (secondary N) is 1. The Hall–Kier alpha value is -3.02. The quantitative estimate of drug-likeness (QED) is 0.751. The summed E-state index contributed by atoms with van der Waals surface area (Å²) in [5, 5.41) is 18.1. The maximum absolute atomic E-state index is 9.10. The minimum atomic E-state index is -1.82. The van der Waals surface area contributed by atoms with Crippen molar-refractivity contribution < 1.29 is 24.5 Å². The first-order chi connectivity index (χ1) is 10.5. The summed E-state index contributed by atoms with van der Waals surface area (Å²) in [7, 11) is 1.68. The van der Waals surface area contributed by atoms with Crippen molar-refractivity contribution in [2.75, 3.05) is 12.4 Å². The molecule has 0 amide bonds. The van der Waals surface area contributed by atoms with Crippen LogP contribution >= 0.6 is 0 Å². The van der Waals surface area contributed by atoms with E-state index >= 15 is 0 Å². The summed E-state index contributed by atoms with van der Waals surface area (Å²) in [6, 6.07) is 18.3. The number of hydrogen-bond donors (Lipinski definition) is 3. The van der Waals surface area contributed by atoms with Gasteiger partial charge in [-0.1, -0.05) is 30.3 Å². The standard InChI is InChI=1S/C14H15NO.C2H2O4/c1-16-14-9-7-12(8-10-14)11-15-13-5-3-2-4-6-13;3-1(4)2(5)6/h2-10,15H,11H2,1H3;(H,3,4)(H,5,6). The predicted molar refractivity (Wildman–Crippen MR) is 82.0 cm³/mol. The zero-order valence-electron chi connectivity index (χ0n) is 12.0. The second kappa shape index (κ2) is 9.02. The highest BCUT2D eigenvalue weighted by molar-refractivity contribution is 6.27. The van der Waals surface area contributed by atoms with Gasteiger partial charge in [0.1, 0.15) is 5.75 Å². The summed E-state index contributed by atoms with van der Waals surface area (Å²) in [5.74, 6) is -2.76. The zero-order chi connectivity index (χ0) is 16.4. The van der Waals surface area contributed by atoms with Gasteiger partial charge in [-0.3, -0.25) is 0 Å². The molecule has 0 spiro atoms. The molecule has 0 aliphatic carbocycles. The first-order valence-corrected chi connectivity index (χ1v) is 6.41. The number of carboxylic acid groups (broad SMARTS) is 2. The SMILES string of the molecule is COc1ccc(CNc2ccccc2)cc1.O=C(O)C(=O)O. The largest absolute Gasteiger partial charge is 0.497 e. The third-order valence-electron chi connectivity index (χ3n) is 2.61. The van der Waals surface area contributed by atoms with Crippen LogP contribution in [-0.4, -0.2) is 29.3 Å². The lowest BCUT2D eigenvalue weighted by Gasteiger charge is -2.06. The number of benzene rings is 2. The second-order valence-electron chi connectivity index (χ2n) is 4.18. The van der Waals surface area contributed by atoms with Gasteiger partial charge in [-0.05, 0) is 29.8 Å². The van der Waals surface area contributed by atoms with Crippen molar-refractivity contribution in [3.05, 3.63) is 60.2 Å².